The first kappa shape index (κ1) is 27.7. The van der Waals surface area contributed by atoms with Gasteiger partial charge in [0.25, 0.3) is 0 Å². The molecule has 2 aliphatic rings. The van der Waals surface area contributed by atoms with E-state index in [0.29, 0.717) is 37.7 Å². The summed E-state index contributed by atoms with van der Waals surface area (Å²) < 4.78 is 63.9. The number of benzene rings is 2. The fraction of sp³-hybridized carbons (Fsp3) is 0.480. The van der Waals surface area contributed by atoms with Crippen molar-refractivity contribution in [2.75, 3.05) is 52.6 Å². The maximum Gasteiger partial charge on any atom is 0.416 e. The number of likely N-dealkylation sites (tertiary alicyclic amines) is 1. The number of rotatable bonds is 5. The van der Waals surface area contributed by atoms with Crippen molar-refractivity contribution in [3.05, 3.63) is 70.2 Å². The van der Waals surface area contributed by atoms with Crippen LogP contribution in [0.3, 0.4) is 0 Å². The van der Waals surface area contributed by atoms with Crippen molar-refractivity contribution in [2.45, 2.75) is 24.7 Å². The molecule has 2 heterocycles. The maximum atomic E-state index is 13.4. The van der Waals surface area contributed by atoms with Gasteiger partial charge in [-0.25, -0.2) is 13.2 Å². The van der Waals surface area contributed by atoms with Gasteiger partial charge >= 0.3 is 12.2 Å². The fourth-order valence-electron chi connectivity index (χ4n) is 5.04. The Balaban J connectivity index is 1.49. The molecule has 2 aromatic rings. The van der Waals surface area contributed by atoms with E-state index in [0.717, 1.165) is 23.3 Å². The summed E-state index contributed by atoms with van der Waals surface area (Å²) in [6, 6.07) is 12.4. The molecule has 2 fully saturated rings. The van der Waals surface area contributed by atoms with Gasteiger partial charge in [0, 0.05) is 62.8 Å². The zero-order valence-electron chi connectivity index (χ0n) is 20.7. The minimum absolute atomic E-state index is 0.0297. The number of likely N-dealkylation sites (N-methyl/N-ethyl adjacent to an activating group) is 1. The first-order valence-corrected chi connectivity index (χ1v) is 14.2. The molecule has 202 valence electrons. The normalized spacial score (nSPS) is 21.6. The summed E-state index contributed by atoms with van der Waals surface area (Å²) in [6.07, 6.45) is -3.22. The van der Waals surface area contributed by atoms with E-state index in [-0.39, 0.29) is 31.1 Å². The van der Waals surface area contributed by atoms with E-state index < -0.39 is 21.8 Å². The van der Waals surface area contributed by atoms with Gasteiger partial charge in [-0.2, -0.15) is 17.5 Å². The van der Waals surface area contributed by atoms with Gasteiger partial charge < -0.3 is 9.80 Å². The third-order valence-corrected chi connectivity index (χ3v) is 8.67. The molecule has 0 spiro atoms. The molecule has 2 atom stereocenters. The summed E-state index contributed by atoms with van der Waals surface area (Å²) in [6.45, 7) is 2.49. The molecule has 4 rings (SSSR count). The summed E-state index contributed by atoms with van der Waals surface area (Å²) in [5.41, 5.74) is 1.07. The first-order valence-electron chi connectivity index (χ1n) is 11.9. The van der Waals surface area contributed by atoms with E-state index in [1.54, 1.807) is 21.9 Å². The Bertz CT molecular complexity index is 1200. The van der Waals surface area contributed by atoms with Crippen molar-refractivity contribution in [2.24, 2.45) is 0 Å². The van der Waals surface area contributed by atoms with Crippen LogP contribution in [0.5, 0.6) is 0 Å². The zero-order valence-corrected chi connectivity index (χ0v) is 22.2. The number of hydrogen-bond acceptors (Lipinski definition) is 4. The molecule has 0 saturated carbocycles. The number of piperazine rings is 1. The van der Waals surface area contributed by atoms with E-state index in [1.807, 2.05) is 19.2 Å². The number of carbonyl (C=O) groups excluding carboxylic acids is 1. The molecule has 0 bridgehead atoms. The third kappa shape index (κ3) is 6.57. The Morgan fingerprint density at radius 1 is 0.973 bits per heavy atom. The summed E-state index contributed by atoms with van der Waals surface area (Å²) in [5.74, 6) is -0.0297. The quantitative estimate of drug-likeness (QED) is 0.557. The number of amides is 2. The smallest absolute Gasteiger partial charge is 0.322 e. The second kappa shape index (κ2) is 10.8. The monoisotopic (exact) mass is 558 g/mol. The lowest BCUT2D eigenvalue weighted by atomic mass is 9.93. The molecule has 0 radical (unpaired) electrons. The minimum Gasteiger partial charge on any atom is -0.322 e. The van der Waals surface area contributed by atoms with Gasteiger partial charge in [-0.05, 0) is 42.4 Å². The van der Waals surface area contributed by atoms with Gasteiger partial charge in [0.15, 0.2) is 0 Å². The van der Waals surface area contributed by atoms with Gasteiger partial charge in [-0.3, -0.25) is 4.90 Å². The molecule has 2 amide bonds. The van der Waals surface area contributed by atoms with Crippen molar-refractivity contribution < 1.29 is 26.4 Å². The Hall–Kier alpha value is -2.34. The van der Waals surface area contributed by atoms with Crippen LogP contribution in [0.15, 0.2) is 48.5 Å². The number of urea groups is 1. The maximum absolute atomic E-state index is 13.4. The standard InChI is InChI=1S/C25H30ClF3N4O3S/c1-30(15-18-3-7-20(8-4-18)25(27,28)29)23-17-32(16-22(23)19-5-9-21(26)10-6-19)24(34)31-11-13-33(14-12-31)37(2,35)36/h3-10,22-23H,11-17H2,1-2H3/t22-,23?/m1/s1. The predicted molar refractivity (Wildman–Crippen MR) is 136 cm³/mol. The van der Waals surface area contributed by atoms with Gasteiger partial charge in [-0.15, -0.1) is 0 Å². The fourth-order valence-corrected chi connectivity index (χ4v) is 5.99. The molecule has 0 aromatic heterocycles. The van der Waals surface area contributed by atoms with Crippen molar-refractivity contribution in [3.8, 4) is 0 Å². The van der Waals surface area contributed by atoms with Crippen LogP contribution >= 0.6 is 11.6 Å². The highest BCUT2D eigenvalue weighted by Gasteiger charge is 2.40. The van der Waals surface area contributed by atoms with E-state index in [2.05, 4.69) is 4.90 Å². The highest BCUT2D eigenvalue weighted by Crippen LogP contribution is 2.34. The number of alkyl halides is 3. The second-order valence-corrected chi connectivity index (χ2v) is 12.1. The molecule has 0 aliphatic carbocycles. The van der Waals surface area contributed by atoms with Crippen molar-refractivity contribution in [1.82, 2.24) is 19.0 Å². The molecule has 1 unspecified atom stereocenters. The number of carbonyl (C=O) groups is 1. The zero-order chi connectivity index (χ0) is 27.0. The van der Waals surface area contributed by atoms with Crippen LogP contribution < -0.4 is 0 Å². The molecular formula is C25H30ClF3N4O3S. The van der Waals surface area contributed by atoms with Gasteiger partial charge in [0.05, 0.1) is 11.8 Å². The van der Waals surface area contributed by atoms with Crippen LogP contribution in [0, 0.1) is 0 Å². The highest BCUT2D eigenvalue weighted by molar-refractivity contribution is 7.88. The predicted octanol–water partition coefficient (Wildman–Crippen LogP) is 3.96. The van der Waals surface area contributed by atoms with E-state index >= 15 is 0 Å². The lowest BCUT2D eigenvalue weighted by Crippen LogP contribution is -2.53. The Morgan fingerprint density at radius 3 is 2.11 bits per heavy atom. The molecule has 0 N–H and O–H groups in total. The molecule has 7 nitrogen and oxygen atoms in total. The average molecular weight is 559 g/mol. The Kier molecular flexibility index (Phi) is 8.08. The van der Waals surface area contributed by atoms with E-state index in [1.165, 1.54) is 22.7 Å². The Morgan fingerprint density at radius 2 is 1.57 bits per heavy atom. The molecule has 37 heavy (non-hydrogen) atoms. The van der Waals surface area contributed by atoms with Crippen molar-refractivity contribution >= 4 is 27.7 Å². The van der Waals surface area contributed by atoms with Crippen molar-refractivity contribution in [3.63, 3.8) is 0 Å². The lowest BCUT2D eigenvalue weighted by molar-refractivity contribution is -0.137. The largest absolute Gasteiger partial charge is 0.416 e. The van der Waals surface area contributed by atoms with Gasteiger partial charge in [0.2, 0.25) is 10.0 Å². The summed E-state index contributed by atoms with van der Waals surface area (Å²) >= 11 is 6.09. The van der Waals surface area contributed by atoms with Crippen molar-refractivity contribution in [1.29, 1.82) is 0 Å². The van der Waals surface area contributed by atoms with E-state index in [4.69, 9.17) is 11.6 Å². The number of nitrogens with zero attached hydrogens (tertiary/aromatic N) is 4. The average Bonchev–Trinajstić information content (AvgIpc) is 3.29. The highest BCUT2D eigenvalue weighted by atomic mass is 35.5. The summed E-state index contributed by atoms with van der Waals surface area (Å²) in [5, 5.41) is 0.605. The number of sulfonamides is 1. The van der Waals surface area contributed by atoms with Crippen LogP contribution in [0.25, 0.3) is 0 Å². The van der Waals surface area contributed by atoms with Crippen LogP contribution in [-0.4, -0.2) is 92.1 Å². The minimum atomic E-state index is -4.39. The number of halogens is 4. The first-order chi connectivity index (χ1) is 17.3. The van der Waals surface area contributed by atoms with Crippen LogP contribution in [-0.2, 0) is 22.7 Å². The second-order valence-electron chi connectivity index (χ2n) is 9.67. The molecule has 2 aliphatic heterocycles. The van der Waals surface area contributed by atoms with Gasteiger partial charge in [0.1, 0.15) is 0 Å². The molecule has 12 heteroatoms. The van der Waals surface area contributed by atoms with Crippen LogP contribution in [0.4, 0.5) is 18.0 Å². The number of hydrogen-bond donors (Lipinski definition) is 0. The van der Waals surface area contributed by atoms with Crippen LogP contribution in [0.1, 0.15) is 22.6 Å². The van der Waals surface area contributed by atoms with Crippen LogP contribution in [0.2, 0.25) is 5.02 Å². The molecule has 2 aromatic carbocycles. The third-order valence-electron chi connectivity index (χ3n) is 7.12. The topological polar surface area (TPSA) is 64.2 Å². The lowest BCUT2D eigenvalue weighted by Gasteiger charge is -2.35. The summed E-state index contributed by atoms with van der Waals surface area (Å²) in [7, 11) is -1.39. The van der Waals surface area contributed by atoms with E-state index in [9.17, 15) is 26.4 Å². The Labute approximate surface area is 220 Å². The molecule has 2 saturated heterocycles. The SMILES string of the molecule is CN(Cc1ccc(C(F)(F)F)cc1)C1CN(C(=O)N2CCN(S(C)(=O)=O)CC2)C[C@@H]1c1ccc(Cl)cc1. The van der Waals surface area contributed by atoms with Gasteiger partial charge in [-0.1, -0.05) is 35.9 Å². The molecular weight excluding hydrogens is 529 g/mol. The summed E-state index contributed by atoms with van der Waals surface area (Å²) in [4.78, 5) is 18.9.